The van der Waals surface area contributed by atoms with Gasteiger partial charge in [0.25, 0.3) is 0 Å². The van der Waals surface area contributed by atoms with Gasteiger partial charge in [0.15, 0.2) is 0 Å². The van der Waals surface area contributed by atoms with Crippen LogP contribution < -0.4 is 4.90 Å². The smallest absolute Gasteiger partial charge is 0.0640 e. The van der Waals surface area contributed by atoms with Crippen LogP contribution in [0.3, 0.4) is 0 Å². The SMILES string of the molecule is CN(CCC#N)c1ccc(CCl)c(Br)c1. The topological polar surface area (TPSA) is 27.0 Å². The van der Waals surface area contributed by atoms with Crippen molar-refractivity contribution in [1.82, 2.24) is 0 Å². The van der Waals surface area contributed by atoms with Crippen molar-refractivity contribution in [2.24, 2.45) is 0 Å². The highest BCUT2D eigenvalue weighted by molar-refractivity contribution is 9.10. The Labute approximate surface area is 104 Å². The highest BCUT2D eigenvalue weighted by atomic mass is 79.9. The Balaban J connectivity index is 2.79. The van der Waals surface area contributed by atoms with Crippen molar-refractivity contribution in [2.45, 2.75) is 12.3 Å². The summed E-state index contributed by atoms with van der Waals surface area (Å²) in [6, 6.07) is 8.16. The predicted octanol–water partition coefficient (Wildman–Crippen LogP) is 3.54. The van der Waals surface area contributed by atoms with E-state index in [9.17, 15) is 0 Å². The molecule has 0 radical (unpaired) electrons. The third-order valence-corrected chi connectivity index (χ3v) is 3.21. The summed E-state index contributed by atoms with van der Waals surface area (Å²) in [6.45, 7) is 0.739. The molecule has 0 amide bonds. The molecule has 15 heavy (non-hydrogen) atoms. The number of hydrogen-bond donors (Lipinski definition) is 0. The number of halogens is 2. The maximum Gasteiger partial charge on any atom is 0.0640 e. The summed E-state index contributed by atoms with van der Waals surface area (Å²) in [7, 11) is 1.97. The first kappa shape index (κ1) is 12.4. The summed E-state index contributed by atoms with van der Waals surface area (Å²) in [4.78, 5) is 2.05. The summed E-state index contributed by atoms with van der Waals surface area (Å²) in [5.74, 6) is 0.503. The molecule has 0 bridgehead atoms. The van der Waals surface area contributed by atoms with Gasteiger partial charge in [0.1, 0.15) is 0 Å². The first-order chi connectivity index (χ1) is 7.19. The number of hydrogen-bond acceptors (Lipinski definition) is 2. The lowest BCUT2D eigenvalue weighted by Crippen LogP contribution is -2.17. The van der Waals surface area contributed by atoms with Crippen LogP contribution in [0.15, 0.2) is 22.7 Å². The van der Waals surface area contributed by atoms with Crippen molar-refractivity contribution in [2.75, 3.05) is 18.5 Å². The van der Waals surface area contributed by atoms with Gasteiger partial charge in [0.2, 0.25) is 0 Å². The van der Waals surface area contributed by atoms with Crippen LogP contribution in [-0.4, -0.2) is 13.6 Å². The molecule has 0 N–H and O–H groups in total. The third kappa shape index (κ3) is 3.40. The van der Waals surface area contributed by atoms with E-state index in [4.69, 9.17) is 16.9 Å². The van der Waals surface area contributed by atoms with E-state index in [0.717, 1.165) is 22.3 Å². The fourth-order valence-electron chi connectivity index (χ4n) is 1.23. The zero-order chi connectivity index (χ0) is 11.3. The molecule has 0 saturated heterocycles. The van der Waals surface area contributed by atoms with Crippen LogP contribution in [0, 0.1) is 11.3 Å². The van der Waals surface area contributed by atoms with Gasteiger partial charge in [-0.3, -0.25) is 0 Å². The summed E-state index contributed by atoms with van der Waals surface area (Å²) >= 11 is 9.23. The van der Waals surface area contributed by atoms with Crippen molar-refractivity contribution >= 4 is 33.2 Å². The summed E-state index contributed by atoms with van der Waals surface area (Å²) in [5.41, 5.74) is 2.17. The van der Waals surface area contributed by atoms with Crippen molar-refractivity contribution in [3.8, 4) is 6.07 Å². The molecule has 0 aliphatic heterocycles. The maximum atomic E-state index is 8.50. The molecule has 1 aromatic rings. The molecule has 0 saturated carbocycles. The summed E-state index contributed by atoms with van der Waals surface area (Å²) in [5, 5.41) is 8.50. The normalized spacial score (nSPS) is 9.73. The second kappa shape index (κ2) is 5.99. The first-order valence-corrected chi connectivity index (χ1v) is 5.94. The molecule has 1 rings (SSSR count). The van der Waals surface area contributed by atoms with E-state index in [0.29, 0.717) is 12.3 Å². The number of alkyl halides is 1. The zero-order valence-corrected chi connectivity index (χ0v) is 10.8. The lowest BCUT2D eigenvalue weighted by Gasteiger charge is -2.18. The van der Waals surface area contributed by atoms with Crippen LogP contribution in [0.4, 0.5) is 5.69 Å². The summed E-state index contributed by atoms with van der Waals surface area (Å²) in [6.07, 6.45) is 0.533. The lowest BCUT2D eigenvalue weighted by molar-refractivity contribution is 0.904. The van der Waals surface area contributed by atoms with Gasteiger partial charge in [0, 0.05) is 29.6 Å². The number of rotatable bonds is 4. The minimum absolute atomic E-state index is 0.503. The van der Waals surface area contributed by atoms with Gasteiger partial charge >= 0.3 is 0 Å². The first-order valence-electron chi connectivity index (χ1n) is 4.61. The number of benzene rings is 1. The fourth-order valence-corrected chi connectivity index (χ4v) is 2.13. The van der Waals surface area contributed by atoms with Gasteiger partial charge in [-0.05, 0) is 17.7 Å². The van der Waals surface area contributed by atoms with Gasteiger partial charge in [-0.15, -0.1) is 11.6 Å². The highest BCUT2D eigenvalue weighted by Crippen LogP contribution is 2.24. The Morgan fingerprint density at radius 3 is 2.80 bits per heavy atom. The van der Waals surface area contributed by atoms with Crippen molar-refractivity contribution < 1.29 is 0 Å². The van der Waals surface area contributed by atoms with Crippen LogP contribution in [0.2, 0.25) is 0 Å². The Hall–Kier alpha value is -0.720. The van der Waals surface area contributed by atoms with E-state index in [2.05, 4.69) is 22.0 Å². The molecule has 4 heteroatoms. The Bertz CT molecular complexity index is 373. The van der Waals surface area contributed by atoms with E-state index in [1.807, 2.05) is 30.1 Å². The fraction of sp³-hybridized carbons (Fsp3) is 0.364. The van der Waals surface area contributed by atoms with E-state index in [1.165, 1.54) is 0 Å². The molecule has 0 atom stereocenters. The largest absolute Gasteiger partial charge is 0.374 e. The van der Waals surface area contributed by atoms with Gasteiger partial charge in [-0.1, -0.05) is 22.0 Å². The molecule has 0 unspecified atom stereocenters. The Morgan fingerprint density at radius 2 is 2.27 bits per heavy atom. The van der Waals surface area contributed by atoms with Gasteiger partial charge < -0.3 is 4.90 Å². The van der Waals surface area contributed by atoms with Crippen LogP contribution >= 0.6 is 27.5 Å². The van der Waals surface area contributed by atoms with Crippen molar-refractivity contribution in [3.05, 3.63) is 28.2 Å². The average molecular weight is 288 g/mol. The van der Waals surface area contributed by atoms with Crippen LogP contribution in [-0.2, 0) is 5.88 Å². The lowest BCUT2D eigenvalue weighted by atomic mass is 10.2. The van der Waals surface area contributed by atoms with Gasteiger partial charge in [-0.25, -0.2) is 0 Å². The number of anilines is 1. The molecule has 0 aliphatic carbocycles. The van der Waals surface area contributed by atoms with E-state index < -0.39 is 0 Å². The van der Waals surface area contributed by atoms with Crippen molar-refractivity contribution in [1.29, 1.82) is 5.26 Å². The highest BCUT2D eigenvalue weighted by Gasteiger charge is 2.04. The maximum absolute atomic E-state index is 8.50. The molecule has 0 aliphatic rings. The molecule has 0 spiro atoms. The molecular weight excluding hydrogens is 275 g/mol. The predicted molar refractivity (Wildman–Crippen MR) is 67.2 cm³/mol. The van der Waals surface area contributed by atoms with Gasteiger partial charge in [0.05, 0.1) is 12.5 Å². The van der Waals surface area contributed by atoms with Gasteiger partial charge in [-0.2, -0.15) is 5.26 Å². The molecule has 0 fully saturated rings. The molecule has 0 heterocycles. The molecule has 0 aromatic heterocycles. The second-order valence-corrected chi connectivity index (χ2v) is 4.36. The van der Waals surface area contributed by atoms with Crippen LogP contribution in [0.25, 0.3) is 0 Å². The quantitative estimate of drug-likeness (QED) is 0.792. The Morgan fingerprint density at radius 1 is 1.53 bits per heavy atom. The number of nitriles is 1. The number of nitrogens with zero attached hydrogens (tertiary/aromatic N) is 2. The molecular formula is C11H12BrClN2. The van der Waals surface area contributed by atoms with E-state index >= 15 is 0 Å². The monoisotopic (exact) mass is 286 g/mol. The zero-order valence-electron chi connectivity index (χ0n) is 8.50. The molecule has 2 nitrogen and oxygen atoms in total. The summed E-state index contributed by atoms with van der Waals surface area (Å²) < 4.78 is 1.01. The minimum atomic E-state index is 0.503. The third-order valence-electron chi connectivity index (χ3n) is 2.18. The van der Waals surface area contributed by atoms with Crippen LogP contribution in [0.1, 0.15) is 12.0 Å². The Kier molecular flexibility index (Phi) is 4.93. The van der Waals surface area contributed by atoms with E-state index in [-0.39, 0.29) is 0 Å². The second-order valence-electron chi connectivity index (χ2n) is 3.24. The standard InChI is InChI=1S/C11H12BrClN2/c1-15(6-2-5-14)10-4-3-9(8-13)11(12)7-10/h3-4,7H,2,6,8H2,1H3. The molecule has 80 valence electrons. The average Bonchev–Trinajstić information content (AvgIpc) is 2.25. The van der Waals surface area contributed by atoms with E-state index in [1.54, 1.807) is 0 Å². The molecule has 1 aromatic carbocycles. The van der Waals surface area contributed by atoms with Crippen LogP contribution in [0.5, 0.6) is 0 Å². The minimum Gasteiger partial charge on any atom is -0.374 e. The van der Waals surface area contributed by atoms with Crippen molar-refractivity contribution in [3.63, 3.8) is 0 Å².